The molecule has 9 nitrogen and oxygen atoms in total. The van der Waals surface area contributed by atoms with E-state index in [1.165, 1.54) is 6.42 Å². The third-order valence-corrected chi connectivity index (χ3v) is 6.95. The van der Waals surface area contributed by atoms with Crippen LogP contribution in [0.2, 0.25) is 0 Å². The fraction of sp³-hybridized carbons (Fsp3) is 0.423. The van der Waals surface area contributed by atoms with Crippen molar-refractivity contribution < 1.29 is 4.74 Å². The van der Waals surface area contributed by atoms with Crippen LogP contribution in [0.25, 0.3) is 22.2 Å². The molecule has 1 N–H and O–H groups in total. The van der Waals surface area contributed by atoms with Gasteiger partial charge in [0.05, 0.1) is 35.6 Å². The van der Waals surface area contributed by atoms with Crippen molar-refractivity contribution in [3.8, 4) is 11.1 Å². The zero-order valence-corrected chi connectivity index (χ0v) is 20.2. The first-order valence-corrected chi connectivity index (χ1v) is 12.3. The summed E-state index contributed by atoms with van der Waals surface area (Å²) in [6.45, 7) is 9.35. The second-order valence-corrected chi connectivity index (χ2v) is 9.95. The fourth-order valence-corrected chi connectivity index (χ4v) is 4.78. The monoisotopic (exact) mass is 470 g/mol. The molecular weight excluding hydrogens is 440 g/mol. The molecule has 0 bridgehead atoms. The molecule has 4 aromatic heterocycles. The number of aryl methyl sites for hydroxylation is 1. The summed E-state index contributed by atoms with van der Waals surface area (Å²) in [7, 11) is 0. The number of rotatable bonds is 8. The van der Waals surface area contributed by atoms with Crippen LogP contribution in [0.1, 0.15) is 38.2 Å². The molecule has 0 aromatic carbocycles. The standard InChI is InChI=1S/C26H30N8O/c1-18(2)19-11-25(32-28-13-19)31-24-5-4-22-23(30-24)10-20(12-27-22)21-14-29-34(15-21)8-3-7-33-16-26(17-33)6-9-35-26/h4-5,10-15,18H,3,6-9,16-17H2,1-2H3,(H,30,31,32). The average Bonchev–Trinajstić information content (AvgIpc) is 3.28. The Balaban J connectivity index is 1.11. The molecule has 2 aliphatic rings. The molecule has 180 valence electrons. The number of ether oxygens (including phenoxy) is 1. The Morgan fingerprint density at radius 1 is 1.03 bits per heavy atom. The smallest absolute Gasteiger partial charge is 0.154 e. The summed E-state index contributed by atoms with van der Waals surface area (Å²) < 4.78 is 7.72. The zero-order chi connectivity index (χ0) is 23.8. The fourth-order valence-electron chi connectivity index (χ4n) is 4.78. The molecule has 0 aliphatic carbocycles. The van der Waals surface area contributed by atoms with E-state index in [1.54, 1.807) is 6.20 Å². The lowest BCUT2D eigenvalue weighted by Gasteiger charge is -2.55. The summed E-state index contributed by atoms with van der Waals surface area (Å²) in [5.74, 6) is 1.78. The van der Waals surface area contributed by atoms with E-state index >= 15 is 0 Å². The van der Waals surface area contributed by atoms with Gasteiger partial charge in [0, 0.05) is 56.1 Å². The molecular formula is C26H30N8O. The normalized spacial score (nSPS) is 17.0. The lowest BCUT2D eigenvalue weighted by Crippen LogP contribution is -2.68. The van der Waals surface area contributed by atoms with Gasteiger partial charge in [0.15, 0.2) is 5.82 Å². The molecule has 0 radical (unpaired) electrons. The molecule has 0 saturated carbocycles. The quantitative estimate of drug-likeness (QED) is 0.413. The molecule has 35 heavy (non-hydrogen) atoms. The van der Waals surface area contributed by atoms with E-state index in [1.807, 2.05) is 35.3 Å². The number of aromatic nitrogens is 6. The Morgan fingerprint density at radius 2 is 1.91 bits per heavy atom. The lowest BCUT2D eigenvalue weighted by atomic mass is 9.86. The third-order valence-electron chi connectivity index (χ3n) is 6.95. The van der Waals surface area contributed by atoms with Crippen LogP contribution in [-0.2, 0) is 11.3 Å². The van der Waals surface area contributed by atoms with Crippen LogP contribution in [0.3, 0.4) is 0 Å². The van der Waals surface area contributed by atoms with Crippen LogP contribution in [0.15, 0.2) is 49.1 Å². The van der Waals surface area contributed by atoms with Crippen molar-refractivity contribution in [3.05, 3.63) is 54.6 Å². The maximum absolute atomic E-state index is 5.70. The number of pyridine rings is 2. The molecule has 4 aromatic rings. The van der Waals surface area contributed by atoms with Gasteiger partial charge >= 0.3 is 0 Å². The van der Waals surface area contributed by atoms with E-state index in [2.05, 4.69) is 56.6 Å². The van der Waals surface area contributed by atoms with Gasteiger partial charge in [-0.3, -0.25) is 14.6 Å². The number of hydrogen-bond acceptors (Lipinski definition) is 8. The lowest BCUT2D eigenvalue weighted by molar-refractivity contribution is -0.221. The Kier molecular flexibility index (Phi) is 5.66. The summed E-state index contributed by atoms with van der Waals surface area (Å²) in [6, 6.07) is 7.94. The average molecular weight is 471 g/mol. The van der Waals surface area contributed by atoms with Crippen molar-refractivity contribution in [1.82, 2.24) is 34.8 Å². The number of nitrogens with one attached hydrogen (secondary N) is 1. The maximum Gasteiger partial charge on any atom is 0.154 e. The highest BCUT2D eigenvalue weighted by molar-refractivity contribution is 5.81. The first kappa shape index (κ1) is 22.1. The molecule has 6 heterocycles. The molecule has 2 aliphatic heterocycles. The molecule has 2 saturated heterocycles. The molecule has 0 atom stereocenters. The SMILES string of the molecule is CC(C)c1cnnc(Nc2ccc3ncc(-c4cnn(CCCN5CC6(CCO6)C5)c4)cc3n2)c1. The highest BCUT2D eigenvalue weighted by atomic mass is 16.5. The molecule has 6 rings (SSSR count). The van der Waals surface area contributed by atoms with Crippen molar-refractivity contribution in [2.45, 2.75) is 44.8 Å². The van der Waals surface area contributed by atoms with Gasteiger partial charge in [0.1, 0.15) is 5.82 Å². The summed E-state index contributed by atoms with van der Waals surface area (Å²) in [6.07, 6.45) is 9.96. The van der Waals surface area contributed by atoms with Crippen LogP contribution in [0.4, 0.5) is 11.6 Å². The van der Waals surface area contributed by atoms with Gasteiger partial charge in [-0.2, -0.15) is 10.2 Å². The third kappa shape index (κ3) is 4.61. The van der Waals surface area contributed by atoms with Crippen LogP contribution in [0, 0.1) is 0 Å². The molecule has 1 spiro atoms. The largest absolute Gasteiger partial charge is 0.372 e. The maximum atomic E-state index is 5.70. The van der Waals surface area contributed by atoms with E-state index in [0.29, 0.717) is 17.6 Å². The van der Waals surface area contributed by atoms with Gasteiger partial charge in [0.2, 0.25) is 0 Å². The zero-order valence-electron chi connectivity index (χ0n) is 20.2. The van der Waals surface area contributed by atoms with Gasteiger partial charge in [-0.1, -0.05) is 13.8 Å². The predicted octanol–water partition coefficient (Wildman–Crippen LogP) is 4.02. The van der Waals surface area contributed by atoms with Gasteiger partial charge in [-0.25, -0.2) is 4.98 Å². The highest BCUT2D eigenvalue weighted by Crippen LogP contribution is 2.35. The highest BCUT2D eigenvalue weighted by Gasteiger charge is 2.48. The van der Waals surface area contributed by atoms with Gasteiger partial charge < -0.3 is 10.1 Å². The number of likely N-dealkylation sites (tertiary alicyclic amines) is 1. The summed E-state index contributed by atoms with van der Waals surface area (Å²) >= 11 is 0. The van der Waals surface area contributed by atoms with Gasteiger partial charge in [0.25, 0.3) is 0 Å². The number of nitrogens with zero attached hydrogens (tertiary/aromatic N) is 7. The summed E-state index contributed by atoms with van der Waals surface area (Å²) in [5, 5.41) is 16.1. The first-order chi connectivity index (χ1) is 17.1. The minimum atomic E-state index is 0.205. The van der Waals surface area contributed by atoms with Crippen molar-refractivity contribution >= 4 is 22.7 Å². The molecule has 2 fully saturated rings. The topological polar surface area (TPSA) is 93.9 Å². The molecule has 0 unspecified atom stereocenters. The van der Waals surface area contributed by atoms with E-state index in [-0.39, 0.29) is 5.60 Å². The summed E-state index contributed by atoms with van der Waals surface area (Å²) in [5.41, 5.74) is 5.04. The minimum absolute atomic E-state index is 0.205. The van der Waals surface area contributed by atoms with E-state index < -0.39 is 0 Å². The Hall–Kier alpha value is -3.43. The van der Waals surface area contributed by atoms with Crippen LogP contribution in [0.5, 0.6) is 0 Å². The van der Waals surface area contributed by atoms with E-state index in [4.69, 9.17) is 9.72 Å². The number of hydrogen-bond donors (Lipinski definition) is 1. The van der Waals surface area contributed by atoms with Crippen LogP contribution >= 0.6 is 0 Å². The molecule has 9 heteroatoms. The Morgan fingerprint density at radius 3 is 2.71 bits per heavy atom. The van der Waals surface area contributed by atoms with Crippen molar-refractivity contribution in [2.24, 2.45) is 0 Å². The van der Waals surface area contributed by atoms with E-state index in [0.717, 1.165) is 66.9 Å². The number of fused-ring (bicyclic) bond motifs is 1. The van der Waals surface area contributed by atoms with Crippen LogP contribution < -0.4 is 5.32 Å². The van der Waals surface area contributed by atoms with Gasteiger partial charge in [-0.05, 0) is 42.2 Å². The Labute approximate surface area is 204 Å². The van der Waals surface area contributed by atoms with Gasteiger partial charge in [-0.15, -0.1) is 5.10 Å². The number of anilines is 2. The predicted molar refractivity (Wildman–Crippen MR) is 135 cm³/mol. The van der Waals surface area contributed by atoms with E-state index in [9.17, 15) is 0 Å². The second-order valence-electron chi connectivity index (χ2n) is 9.95. The second kappa shape index (κ2) is 8.98. The Bertz CT molecular complexity index is 1340. The summed E-state index contributed by atoms with van der Waals surface area (Å²) in [4.78, 5) is 11.8. The minimum Gasteiger partial charge on any atom is -0.372 e. The van der Waals surface area contributed by atoms with Crippen molar-refractivity contribution in [2.75, 3.05) is 31.6 Å². The van der Waals surface area contributed by atoms with Crippen molar-refractivity contribution in [1.29, 1.82) is 0 Å². The molecule has 0 amide bonds. The van der Waals surface area contributed by atoms with Crippen LogP contribution in [-0.4, -0.2) is 66.7 Å². The first-order valence-electron chi connectivity index (χ1n) is 12.3. The van der Waals surface area contributed by atoms with Crippen molar-refractivity contribution in [3.63, 3.8) is 0 Å².